The molecule has 2 N–H and O–H groups in total. The lowest BCUT2D eigenvalue weighted by Gasteiger charge is -2.24. The summed E-state index contributed by atoms with van der Waals surface area (Å²) in [6.45, 7) is 0. The van der Waals surface area contributed by atoms with Gasteiger partial charge in [0.2, 0.25) is 5.91 Å². The number of rotatable bonds is 3. The zero-order valence-electron chi connectivity index (χ0n) is 13.5. The van der Waals surface area contributed by atoms with E-state index in [1.807, 2.05) is 54.6 Å². The minimum atomic E-state index is -0.980. The number of aromatic carboxylic acids is 1. The van der Waals surface area contributed by atoms with Crippen molar-refractivity contribution in [2.75, 3.05) is 5.32 Å². The molecule has 26 heavy (non-hydrogen) atoms. The molecule has 2 aromatic carbocycles. The second-order valence-corrected chi connectivity index (χ2v) is 8.04. The Morgan fingerprint density at radius 2 is 1.81 bits per heavy atom. The number of halogens is 1. The van der Waals surface area contributed by atoms with Crippen molar-refractivity contribution < 1.29 is 14.7 Å². The average molecular weight is 428 g/mol. The molecule has 130 valence electrons. The summed E-state index contributed by atoms with van der Waals surface area (Å²) in [5.41, 5.74) is 3.01. The lowest BCUT2D eigenvalue weighted by molar-refractivity contribution is -0.116. The standard InChI is InChI=1S/C20H14BrNO3S/c21-13-8-6-11(7-9-13)14-10-15(23)22-17-16(12-4-2-1-3-5-12)19(20(24)25)26-18(14)17/h1-9,14H,10H2,(H,22,23)(H,24,25)/t14-/m0/s1. The van der Waals surface area contributed by atoms with Crippen molar-refractivity contribution in [3.63, 3.8) is 0 Å². The molecule has 0 unspecified atom stereocenters. The van der Waals surface area contributed by atoms with Gasteiger partial charge in [0.15, 0.2) is 0 Å². The summed E-state index contributed by atoms with van der Waals surface area (Å²) >= 11 is 4.67. The highest BCUT2D eigenvalue weighted by atomic mass is 79.9. The highest BCUT2D eigenvalue weighted by Crippen LogP contribution is 2.49. The Labute approximate surface area is 162 Å². The Morgan fingerprint density at radius 1 is 1.12 bits per heavy atom. The van der Waals surface area contributed by atoms with Crippen molar-refractivity contribution >= 4 is 44.8 Å². The molecule has 4 nitrogen and oxygen atoms in total. The first-order chi connectivity index (χ1) is 12.5. The van der Waals surface area contributed by atoms with E-state index in [4.69, 9.17) is 0 Å². The van der Waals surface area contributed by atoms with Crippen molar-refractivity contribution in [2.45, 2.75) is 12.3 Å². The van der Waals surface area contributed by atoms with Gasteiger partial charge in [-0.05, 0) is 23.3 Å². The normalized spacial score (nSPS) is 16.0. The van der Waals surface area contributed by atoms with Gasteiger partial charge in [-0.1, -0.05) is 58.4 Å². The number of hydrogen-bond donors (Lipinski definition) is 2. The Balaban J connectivity index is 1.93. The van der Waals surface area contributed by atoms with E-state index in [0.29, 0.717) is 17.7 Å². The number of carboxylic acids is 1. The number of thiophene rings is 1. The van der Waals surface area contributed by atoms with Crippen molar-refractivity contribution in [1.82, 2.24) is 0 Å². The van der Waals surface area contributed by atoms with Gasteiger partial charge >= 0.3 is 5.97 Å². The van der Waals surface area contributed by atoms with Gasteiger partial charge in [-0.2, -0.15) is 0 Å². The van der Waals surface area contributed by atoms with E-state index < -0.39 is 5.97 Å². The Hall–Kier alpha value is -2.44. The molecule has 0 radical (unpaired) electrons. The van der Waals surface area contributed by atoms with E-state index in [1.54, 1.807) is 0 Å². The topological polar surface area (TPSA) is 66.4 Å². The fraction of sp³-hybridized carbons (Fsp3) is 0.100. The highest BCUT2D eigenvalue weighted by Gasteiger charge is 2.34. The van der Waals surface area contributed by atoms with Gasteiger partial charge in [-0.3, -0.25) is 4.79 Å². The predicted molar refractivity (Wildman–Crippen MR) is 106 cm³/mol. The molecular formula is C20H14BrNO3S. The molecule has 1 amide bonds. The van der Waals surface area contributed by atoms with Crippen molar-refractivity contribution in [2.24, 2.45) is 0 Å². The SMILES string of the molecule is O=C1C[C@@H](c2ccc(Br)cc2)c2sc(C(=O)O)c(-c3ccccc3)c2N1. The molecular weight excluding hydrogens is 414 g/mol. The van der Waals surface area contributed by atoms with E-state index in [2.05, 4.69) is 21.2 Å². The van der Waals surface area contributed by atoms with Crippen LogP contribution in [0.3, 0.4) is 0 Å². The largest absolute Gasteiger partial charge is 0.477 e. The van der Waals surface area contributed by atoms with Crippen LogP contribution in [0.4, 0.5) is 5.69 Å². The van der Waals surface area contributed by atoms with Gasteiger partial charge in [0.05, 0.1) is 5.69 Å². The number of benzene rings is 2. The molecule has 3 aromatic rings. The Bertz CT molecular complexity index is 996. The van der Waals surface area contributed by atoms with Crippen molar-refractivity contribution in [3.05, 3.63) is 74.4 Å². The predicted octanol–water partition coefficient (Wildman–Crippen LogP) is 5.35. The van der Waals surface area contributed by atoms with Crippen LogP contribution in [0.15, 0.2) is 59.1 Å². The first kappa shape index (κ1) is 17.0. The maximum atomic E-state index is 12.4. The third kappa shape index (κ3) is 2.95. The van der Waals surface area contributed by atoms with Gasteiger partial charge in [0.1, 0.15) is 4.88 Å². The number of anilines is 1. The van der Waals surface area contributed by atoms with Crippen LogP contribution in [0, 0.1) is 0 Å². The second kappa shape index (κ2) is 6.70. The number of carbonyl (C=O) groups excluding carboxylic acids is 1. The van der Waals surface area contributed by atoms with E-state index in [0.717, 1.165) is 20.5 Å². The molecule has 1 aliphatic rings. The second-order valence-electron chi connectivity index (χ2n) is 6.07. The molecule has 2 heterocycles. The van der Waals surface area contributed by atoms with E-state index in [1.165, 1.54) is 11.3 Å². The van der Waals surface area contributed by atoms with Crippen LogP contribution in [0.2, 0.25) is 0 Å². The smallest absolute Gasteiger partial charge is 0.346 e. The summed E-state index contributed by atoms with van der Waals surface area (Å²) in [6.07, 6.45) is 0.308. The summed E-state index contributed by atoms with van der Waals surface area (Å²) in [5.74, 6) is -1.23. The fourth-order valence-corrected chi connectivity index (χ4v) is 4.79. The molecule has 1 aliphatic heterocycles. The van der Waals surface area contributed by atoms with Crippen LogP contribution >= 0.6 is 27.3 Å². The zero-order valence-corrected chi connectivity index (χ0v) is 15.9. The number of carboxylic acid groups (broad SMARTS) is 1. The minimum Gasteiger partial charge on any atom is -0.477 e. The van der Waals surface area contributed by atoms with E-state index in [9.17, 15) is 14.7 Å². The lowest BCUT2D eigenvalue weighted by Crippen LogP contribution is -2.22. The van der Waals surface area contributed by atoms with Gasteiger partial charge in [0, 0.05) is 27.3 Å². The molecule has 0 saturated heterocycles. The number of carbonyl (C=O) groups is 2. The first-order valence-corrected chi connectivity index (χ1v) is 9.66. The monoisotopic (exact) mass is 427 g/mol. The average Bonchev–Trinajstić information content (AvgIpc) is 3.02. The van der Waals surface area contributed by atoms with Crippen LogP contribution in [0.25, 0.3) is 11.1 Å². The summed E-state index contributed by atoms with van der Waals surface area (Å²) in [6, 6.07) is 17.2. The fourth-order valence-electron chi connectivity index (χ4n) is 3.28. The van der Waals surface area contributed by atoms with Crippen LogP contribution in [-0.4, -0.2) is 17.0 Å². The molecule has 1 atom stereocenters. The lowest BCUT2D eigenvalue weighted by atomic mass is 9.89. The highest BCUT2D eigenvalue weighted by molar-refractivity contribution is 9.10. The van der Waals surface area contributed by atoms with Gasteiger partial charge in [0.25, 0.3) is 0 Å². The molecule has 1 aromatic heterocycles. The molecule has 0 bridgehead atoms. The summed E-state index contributed by atoms with van der Waals surface area (Å²) < 4.78 is 0.962. The third-order valence-electron chi connectivity index (χ3n) is 4.43. The number of fused-ring (bicyclic) bond motifs is 1. The number of hydrogen-bond acceptors (Lipinski definition) is 3. The molecule has 4 rings (SSSR count). The van der Waals surface area contributed by atoms with Crippen LogP contribution in [-0.2, 0) is 4.79 Å². The maximum absolute atomic E-state index is 12.4. The molecule has 0 aliphatic carbocycles. The van der Waals surface area contributed by atoms with Gasteiger partial charge < -0.3 is 10.4 Å². The Morgan fingerprint density at radius 3 is 2.46 bits per heavy atom. The van der Waals surface area contributed by atoms with Crippen LogP contribution in [0.5, 0.6) is 0 Å². The molecule has 0 saturated carbocycles. The van der Waals surface area contributed by atoms with Crippen molar-refractivity contribution in [3.8, 4) is 11.1 Å². The van der Waals surface area contributed by atoms with Crippen LogP contribution in [0.1, 0.15) is 32.5 Å². The van der Waals surface area contributed by atoms with E-state index >= 15 is 0 Å². The van der Waals surface area contributed by atoms with E-state index in [-0.39, 0.29) is 16.7 Å². The third-order valence-corrected chi connectivity index (χ3v) is 6.26. The Kier molecular flexibility index (Phi) is 4.38. The van der Waals surface area contributed by atoms with Crippen LogP contribution < -0.4 is 5.32 Å². The minimum absolute atomic E-state index is 0.0997. The van der Waals surface area contributed by atoms with Gasteiger partial charge in [-0.15, -0.1) is 11.3 Å². The summed E-state index contributed by atoms with van der Waals surface area (Å²) in [5, 5.41) is 12.6. The maximum Gasteiger partial charge on any atom is 0.346 e. The quantitative estimate of drug-likeness (QED) is 0.591. The van der Waals surface area contributed by atoms with Crippen molar-refractivity contribution in [1.29, 1.82) is 0 Å². The number of amides is 1. The zero-order chi connectivity index (χ0) is 18.3. The first-order valence-electron chi connectivity index (χ1n) is 8.05. The number of nitrogens with one attached hydrogen (secondary N) is 1. The molecule has 6 heteroatoms. The summed E-state index contributed by atoms with van der Waals surface area (Å²) in [7, 11) is 0. The van der Waals surface area contributed by atoms with Gasteiger partial charge in [-0.25, -0.2) is 4.79 Å². The summed E-state index contributed by atoms with van der Waals surface area (Å²) in [4.78, 5) is 25.4. The molecule has 0 fully saturated rings. The molecule has 0 spiro atoms.